The second kappa shape index (κ2) is 3.71. The number of hydrogen-bond donors (Lipinski definition) is 1. The fraction of sp³-hybridized carbons (Fsp3) is 0.769. The zero-order chi connectivity index (χ0) is 13.0. The van der Waals surface area contributed by atoms with Crippen LogP contribution in [0.4, 0.5) is 0 Å². The van der Waals surface area contributed by atoms with Crippen molar-refractivity contribution in [1.29, 1.82) is 0 Å². The van der Waals surface area contributed by atoms with Gasteiger partial charge in [-0.25, -0.2) is 9.42 Å². The van der Waals surface area contributed by atoms with E-state index >= 15 is 0 Å². The van der Waals surface area contributed by atoms with Crippen LogP contribution >= 0.6 is 0 Å². The van der Waals surface area contributed by atoms with Crippen molar-refractivity contribution in [3.63, 3.8) is 0 Å². The summed E-state index contributed by atoms with van der Waals surface area (Å²) >= 11 is 0. The Labute approximate surface area is 110 Å². The van der Waals surface area contributed by atoms with Gasteiger partial charge in [0.1, 0.15) is 5.60 Å². The highest BCUT2D eigenvalue weighted by Crippen LogP contribution is 2.57. The van der Waals surface area contributed by atoms with E-state index in [4.69, 9.17) is 9.84 Å². The minimum atomic E-state index is -1.15. The van der Waals surface area contributed by atoms with Gasteiger partial charge in [0.25, 0.3) is 11.6 Å². The lowest BCUT2D eigenvalue weighted by molar-refractivity contribution is -0.110. The molecule has 4 aliphatic rings. The quantitative estimate of drug-likeness (QED) is 0.899. The monoisotopic (exact) mass is 264 g/mol. The molecule has 5 rings (SSSR count). The highest BCUT2D eigenvalue weighted by Gasteiger charge is 2.53. The van der Waals surface area contributed by atoms with Crippen LogP contribution in [0, 0.1) is 17.8 Å². The molecule has 19 heavy (non-hydrogen) atoms. The predicted molar refractivity (Wildman–Crippen MR) is 62.8 cm³/mol. The van der Waals surface area contributed by atoms with Crippen molar-refractivity contribution in [1.82, 2.24) is 10.3 Å². The molecule has 1 aromatic rings. The number of aromatic nitrogens is 2. The number of carboxylic acids is 1. The van der Waals surface area contributed by atoms with Crippen molar-refractivity contribution in [2.75, 3.05) is 0 Å². The molecule has 4 aliphatic carbocycles. The molecule has 1 heterocycles. The first-order valence-electron chi connectivity index (χ1n) is 6.88. The molecular weight excluding hydrogens is 248 g/mol. The van der Waals surface area contributed by atoms with E-state index in [1.807, 2.05) is 0 Å². The number of ether oxygens (including phenoxy) is 1. The fourth-order valence-corrected chi connectivity index (χ4v) is 4.74. The Morgan fingerprint density at radius 2 is 1.74 bits per heavy atom. The average Bonchev–Trinajstić information content (AvgIpc) is 2.74. The van der Waals surface area contributed by atoms with Gasteiger partial charge in [0, 0.05) is 0 Å². The second-order valence-corrected chi connectivity index (χ2v) is 6.43. The largest absolute Gasteiger partial charge is 0.476 e. The van der Waals surface area contributed by atoms with Crippen LogP contribution in [-0.4, -0.2) is 27.0 Å². The topological polar surface area (TPSA) is 85.5 Å². The molecule has 6 nitrogen and oxygen atoms in total. The normalized spacial score (nSPS) is 39.5. The van der Waals surface area contributed by atoms with Crippen molar-refractivity contribution in [2.45, 2.75) is 44.1 Å². The van der Waals surface area contributed by atoms with Gasteiger partial charge in [-0.15, -0.1) is 0 Å². The van der Waals surface area contributed by atoms with Crippen molar-refractivity contribution in [3.05, 3.63) is 5.69 Å². The van der Waals surface area contributed by atoms with Gasteiger partial charge < -0.3 is 9.84 Å². The average molecular weight is 264 g/mol. The molecule has 0 unspecified atom stereocenters. The third-order valence-electron chi connectivity index (χ3n) is 4.96. The van der Waals surface area contributed by atoms with E-state index in [0.29, 0.717) is 0 Å². The first-order valence-corrected chi connectivity index (χ1v) is 6.88. The predicted octanol–water partition coefficient (Wildman–Crippen LogP) is 2.12. The van der Waals surface area contributed by atoms with Crippen LogP contribution in [0.1, 0.15) is 49.0 Å². The van der Waals surface area contributed by atoms with E-state index < -0.39 is 5.97 Å². The molecule has 0 radical (unpaired) electrons. The summed E-state index contributed by atoms with van der Waals surface area (Å²) < 4.78 is 10.5. The maximum atomic E-state index is 11.0. The molecule has 6 heteroatoms. The molecule has 0 atom stereocenters. The lowest BCUT2D eigenvalue weighted by Gasteiger charge is -2.55. The van der Waals surface area contributed by atoms with Crippen molar-refractivity contribution >= 4 is 5.97 Å². The van der Waals surface area contributed by atoms with Gasteiger partial charge in [-0.2, -0.15) is 0 Å². The Morgan fingerprint density at radius 1 is 1.16 bits per heavy atom. The summed E-state index contributed by atoms with van der Waals surface area (Å²) in [7, 11) is 0. The highest BCUT2D eigenvalue weighted by atomic mass is 16.6. The van der Waals surface area contributed by atoms with Gasteiger partial charge >= 0.3 is 5.97 Å². The standard InChI is InChI=1S/C13H16N2O4/c16-12(17)10-11(15-19-14-10)18-13-4-7-1-8(5-13)3-9(2-7)6-13/h7-9H,1-6H2,(H,16,17). The van der Waals surface area contributed by atoms with Crippen LogP contribution in [0.25, 0.3) is 0 Å². The lowest BCUT2D eigenvalue weighted by atomic mass is 9.54. The van der Waals surface area contributed by atoms with Gasteiger partial charge in [0.15, 0.2) is 0 Å². The van der Waals surface area contributed by atoms with E-state index in [9.17, 15) is 4.79 Å². The van der Waals surface area contributed by atoms with E-state index in [1.54, 1.807) is 0 Å². The van der Waals surface area contributed by atoms with E-state index in [2.05, 4.69) is 14.9 Å². The molecule has 0 saturated heterocycles. The third-order valence-corrected chi connectivity index (χ3v) is 4.96. The van der Waals surface area contributed by atoms with Gasteiger partial charge in [-0.3, -0.25) is 0 Å². The van der Waals surface area contributed by atoms with E-state index in [1.165, 1.54) is 19.3 Å². The summed E-state index contributed by atoms with van der Waals surface area (Å²) in [5, 5.41) is 16.1. The Hall–Kier alpha value is -1.59. The smallest absolute Gasteiger partial charge is 0.363 e. The Balaban J connectivity index is 1.62. The molecule has 102 valence electrons. The number of carbonyl (C=O) groups is 1. The number of nitrogens with zero attached hydrogens (tertiary/aromatic N) is 2. The summed E-state index contributed by atoms with van der Waals surface area (Å²) in [5.41, 5.74) is -0.437. The molecule has 1 aromatic heterocycles. The van der Waals surface area contributed by atoms with Crippen LogP contribution in [0.3, 0.4) is 0 Å². The van der Waals surface area contributed by atoms with E-state index in [0.717, 1.165) is 37.0 Å². The fourth-order valence-electron chi connectivity index (χ4n) is 4.74. The summed E-state index contributed by atoms with van der Waals surface area (Å²) in [5.74, 6) is 1.11. The Bertz CT molecular complexity index is 489. The molecule has 4 fully saturated rings. The van der Waals surface area contributed by atoms with Gasteiger partial charge in [0.2, 0.25) is 0 Å². The highest BCUT2D eigenvalue weighted by molar-refractivity contribution is 5.87. The van der Waals surface area contributed by atoms with Gasteiger partial charge in [0.05, 0.1) is 0 Å². The minimum Gasteiger partial charge on any atom is -0.476 e. The number of rotatable bonds is 3. The summed E-state index contributed by atoms with van der Waals surface area (Å²) in [6, 6.07) is 0. The van der Waals surface area contributed by atoms with Crippen molar-refractivity contribution in [2.24, 2.45) is 17.8 Å². The summed E-state index contributed by atoms with van der Waals surface area (Å²) in [4.78, 5) is 11.0. The molecule has 0 amide bonds. The first-order chi connectivity index (χ1) is 9.13. The third kappa shape index (κ3) is 1.73. The first kappa shape index (κ1) is 11.3. The molecule has 4 bridgehead atoms. The number of aromatic carboxylic acids is 1. The second-order valence-electron chi connectivity index (χ2n) is 6.43. The van der Waals surface area contributed by atoms with Crippen LogP contribution in [0.5, 0.6) is 5.88 Å². The van der Waals surface area contributed by atoms with E-state index in [-0.39, 0.29) is 17.2 Å². The minimum absolute atomic E-state index is 0.0504. The Morgan fingerprint density at radius 3 is 2.26 bits per heavy atom. The molecular formula is C13H16N2O4. The van der Waals surface area contributed by atoms with Crippen molar-refractivity contribution in [3.8, 4) is 5.88 Å². The molecule has 0 aliphatic heterocycles. The van der Waals surface area contributed by atoms with Gasteiger partial charge in [-0.1, -0.05) is 0 Å². The van der Waals surface area contributed by atoms with Gasteiger partial charge in [-0.05, 0) is 66.6 Å². The van der Waals surface area contributed by atoms with Crippen LogP contribution in [0.15, 0.2) is 4.63 Å². The van der Waals surface area contributed by atoms with Crippen LogP contribution in [0.2, 0.25) is 0 Å². The summed E-state index contributed by atoms with van der Waals surface area (Å²) in [6.45, 7) is 0. The van der Waals surface area contributed by atoms with Crippen LogP contribution < -0.4 is 4.74 Å². The summed E-state index contributed by atoms with van der Waals surface area (Å²) in [6.07, 6.45) is 6.99. The molecule has 0 spiro atoms. The zero-order valence-electron chi connectivity index (χ0n) is 10.5. The number of carboxylic acid groups (broad SMARTS) is 1. The maximum Gasteiger partial charge on any atom is 0.363 e. The lowest BCUT2D eigenvalue weighted by Crippen LogP contribution is -2.53. The number of hydrogen-bond acceptors (Lipinski definition) is 5. The zero-order valence-corrected chi connectivity index (χ0v) is 10.5. The maximum absolute atomic E-state index is 11.0. The van der Waals surface area contributed by atoms with Crippen LogP contribution in [-0.2, 0) is 0 Å². The van der Waals surface area contributed by atoms with Crippen molar-refractivity contribution < 1.29 is 19.3 Å². The molecule has 1 N–H and O–H groups in total. The SMILES string of the molecule is O=C(O)c1nonc1OC12CC3CC(CC(C3)C1)C2. The molecule has 0 aromatic carbocycles. The Kier molecular flexibility index (Phi) is 2.20. The molecule has 4 saturated carbocycles.